The summed E-state index contributed by atoms with van der Waals surface area (Å²) in [6, 6.07) is 7.70. The summed E-state index contributed by atoms with van der Waals surface area (Å²) in [5.74, 6) is 0. The molecule has 1 rings (SSSR count). The molecule has 0 heterocycles. The summed E-state index contributed by atoms with van der Waals surface area (Å²) in [5.41, 5.74) is 0. The highest BCUT2D eigenvalue weighted by molar-refractivity contribution is 7.80. The third-order valence-corrected chi connectivity index (χ3v) is 2.86. The highest BCUT2D eigenvalue weighted by atomic mass is 32.3. The second-order valence-electron chi connectivity index (χ2n) is 2.71. The highest BCUT2D eigenvalue weighted by Crippen LogP contribution is 2.32. The van der Waals surface area contributed by atoms with Crippen LogP contribution in [-0.4, -0.2) is 29.4 Å². The molecule has 0 aliphatic heterocycles. The highest BCUT2D eigenvalue weighted by Gasteiger charge is 2.14. The SMILES string of the molecule is CCOS(=O)(=O)O.O=P(O)(O)c1ccccc1. The summed E-state index contributed by atoms with van der Waals surface area (Å²) in [6.07, 6.45) is 0. The molecule has 0 atom stereocenters. The molecule has 0 amide bonds. The van der Waals surface area contributed by atoms with Gasteiger partial charge in [0, 0.05) is 0 Å². The summed E-state index contributed by atoms with van der Waals surface area (Å²) in [7, 11) is -8.19. The van der Waals surface area contributed by atoms with Gasteiger partial charge in [-0.2, -0.15) is 8.42 Å². The fourth-order valence-corrected chi connectivity index (χ4v) is 1.63. The van der Waals surface area contributed by atoms with Gasteiger partial charge in [0.05, 0.1) is 11.9 Å². The average Bonchev–Trinajstić information content (AvgIpc) is 2.17. The Morgan fingerprint density at radius 3 is 1.88 bits per heavy atom. The van der Waals surface area contributed by atoms with Crippen LogP contribution in [0.25, 0.3) is 0 Å². The van der Waals surface area contributed by atoms with Crippen molar-refractivity contribution >= 4 is 23.3 Å². The lowest BCUT2D eigenvalue weighted by Gasteiger charge is -2.00. The van der Waals surface area contributed by atoms with Crippen LogP contribution in [0.5, 0.6) is 0 Å². The molecule has 1 aromatic rings. The Morgan fingerprint density at radius 2 is 1.71 bits per heavy atom. The Hall–Kier alpha value is -0.760. The average molecular weight is 284 g/mol. The van der Waals surface area contributed by atoms with Crippen LogP contribution >= 0.6 is 7.60 Å². The molecule has 0 aliphatic carbocycles. The van der Waals surface area contributed by atoms with Crippen molar-refractivity contribution in [2.45, 2.75) is 6.92 Å². The largest absolute Gasteiger partial charge is 0.397 e. The molecule has 3 N–H and O–H groups in total. The van der Waals surface area contributed by atoms with Gasteiger partial charge in [0.2, 0.25) is 0 Å². The van der Waals surface area contributed by atoms with E-state index < -0.39 is 18.0 Å². The lowest BCUT2D eigenvalue weighted by atomic mass is 10.4. The minimum atomic E-state index is -4.17. The quantitative estimate of drug-likeness (QED) is 0.539. The van der Waals surface area contributed by atoms with Gasteiger partial charge in [0.15, 0.2) is 0 Å². The first kappa shape index (κ1) is 16.2. The van der Waals surface area contributed by atoms with Crippen LogP contribution in [0.4, 0.5) is 0 Å². The Kier molecular flexibility index (Phi) is 6.54. The lowest BCUT2D eigenvalue weighted by molar-refractivity contribution is 0.283. The summed E-state index contributed by atoms with van der Waals surface area (Å²) in [5, 5.41) is 0.0648. The molecule has 0 radical (unpaired) electrons. The van der Waals surface area contributed by atoms with Gasteiger partial charge in [-0.15, -0.1) is 0 Å². The van der Waals surface area contributed by atoms with Crippen LogP contribution in [0, 0.1) is 0 Å². The standard InChI is InChI=1S/C6H7O3P.C2H6O4S/c7-10(8,9)6-4-2-1-3-5-6;1-2-6-7(3,4)5/h1-5H,(H2,7,8,9);2H2,1H3,(H,3,4,5). The van der Waals surface area contributed by atoms with Crippen molar-refractivity contribution in [2.24, 2.45) is 0 Å². The van der Waals surface area contributed by atoms with Crippen molar-refractivity contribution in [3.8, 4) is 0 Å². The van der Waals surface area contributed by atoms with Crippen molar-refractivity contribution in [1.82, 2.24) is 0 Å². The van der Waals surface area contributed by atoms with E-state index in [1.54, 1.807) is 18.2 Å². The van der Waals surface area contributed by atoms with Gasteiger partial charge in [0.1, 0.15) is 0 Å². The Labute approximate surface area is 99.2 Å². The third kappa shape index (κ3) is 8.99. The molecule has 0 bridgehead atoms. The van der Waals surface area contributed by atoms with Crippen LogP contribution in [0.1, 0.15) is 6.92 Å². The van der Waals surface area contributed by atoms with Crippen molar-refractivity contribution in [2.75, 3.05) is 6.61 Å². The number of hydrogen-bond donors (Lipinski definition) is 3. The zero-order valence-electron chi connectivity index (χ0n) is 8.92. The predicted octanol–water partition coefficient (Wildman–Crippen LogP) is 0.315. The zero-order chi connectivity index (χ0) is 13.5. The van der Waals surface area contributed by atoms with Crippen LogP contribution in [-0.2, 0) is 19.1 Å². The van der Waals surface area contributed by atoms with Crippen LogP contribution in [0.15, 0.2) is 30.3 Å². The molecule has 9 heteroatoms. The van der Waals surface area contributed by atoms with Crippen LogP contribution < -0.4 is 5.30 Å². The normalized spacial score (nSPS) is 11.5. The monoisotopic (exact) mass is 284 g/mol. The predicted molar refractivity (Wildman–Crippen MR) is 61.3 cm³/mol. The molecule has 98 valence electrons. The van der Waals surface area contributed by atoms with Crippen molar-refractivity contribution in [3.63, 3.8) is 0 Å². The molecule has 0 fully saturated rings. The Morgan fingerprint density at radius 1 is 1.24 bits per heavy atom. The van der Waals surface area contributed by atoms with Crippen molar-refractivity contribution < 1.29 is 31.5 Å². The fraction of sp³-hybridized carbons (Fsp3) is 0.250. The topological polar surface area (TPSA) is 121 Å². The number of benzene rings is 1. The number of rotatable bonds is 3. The third-order valence-electron chi connectivity index (χ3n) is 1.36. The first-order valence-corrected chi connectivity index (χ1v) is 7.37. The van der Waals surface area contributed by atoms with E-state index in [0.29, 0.717) is 0 Å². The van der Waals surface area contributed by atoms with E-state index in [9.17, 15) is 13.0 Å². The smallest absolute Gasteiger partial charge is 0.321 e. The molecule has 0 aromatic heterocycles. The first-order valence-electron chi connectivity index (χ1n) is 4.40. The summed E-state index contributed by atoms with van der Waals surface area (Å²) < 4.78 is 41.2. The molecular formula is C8H13O7PS. The van der Waals surface area contributed by atoms with Gasteiger partial charge in [-0.1, -0.05) is 18.2 Å². The van der Waals surface area contributed by atoms with E-state index in [-0.39, 0.29) is 11.9 Å². The van der Waals surface area contributed by atoms with Crippen LogP contribution in [0.3, 0.4) is 0 Å². The molecule has 17 heavy (non-hydrogen) atoms. The van der Waals surface area contributed by atoms with Gasteiger partial charge >= 0.3 is 18.0 Å². The zero-order valence-corrected chi connectivity index (χ0v) is 10.6. The maximum Gasteiger partial charge on any atom is 0.397 e. The Balaban J connectivity index is 0.000000325. The minimum Gasteiger partial charge on any atom is -0.321 e. The van der Waals surface area contributed by atoms with E-state index in [0.717, 1.165) is 0 Å². The van der Waals surface area contributed by atoms with Gasteiger partial charge < -0.3 is 9.79 Å². The maximum atomic E-state index is 10.5. The molecule has 0 spiro atoms. The second-order valence-corrected chi connectivity index (χ2v) is 5.41. The van der Waals surface area contributed by atoms with Gasteiger partial charge in [-0.25, -0.2) is 4.18 Å². The molecule has 0 aliphatic rings. The van der Waals surface area contributed by atoms with E-state index in [4.69, 9.17) is 14.3 Å². The Bertz CT molecular complexity index is 464. The molecule has 7 nitrogen and oxygen atoms in total. The van der Waals surface area contributed by atoms with E-state index in [1.165, 1.54) is 19.1 Å². The molecule has 1 aromatic carbocycles. The molecule has 0 saturated carbocycles. The van der Waals surface area contributed by atoms with Crippen LogP contribution in [0.2, 0.25) is 0 Å². The van der Waals surface area contributed by atoms with Crippen molar-refractivity contribution in [3.05, 3.63) is 30.3 Å². The minimum absolute atomic E-state index is 0.0289. The fourth-order valence-electron chi connectivity index (χ4n) is 0.771. The van der Waals surface area contributed by atoms with E-state index >= 15 is 0 Å². The van der Waals surface area contributed by atoms with E-state index in [1.807, 2.05) is 0 Å². The van der Waals surface area contributed by atoms with Gasteiger partial charge in [-0.3, -0.25) is 9.12 Å². The summed E-state index contributed by atoms with van der Waals surface area (Å²) >= 11 is 0. The lowest BCUT2D eigenvalue weighted by Crippen LogP contribution is -2.01. The first-order chi connectivity index (χ1) is 7.67. The summed E-state index contributed by atoms with van der Waals surface area (Å²) in [4.78, 5) is 17.2. The number of hydrogen-bond acceptors (Lipinski definition) is 4. The van der Waals surface area contributed by atoms with Gasteiger partial charge in [0.25, 0.3) is 0 Å². The molecule has 0 saturated heterocycles. The van der Waals surface area contributed by atoms with Crippen molar-refractivity contribution in [1.29, 1.82) is 0 Å². The van der Waals surface area contributed by atoms with Gasteiger partial charge in [-0.05, 0) is 19.1 Å². The second kappa shape index (κ2) is 6.85. The maximum absolute atomic E-state index is 10.5. The molecule has 0 unspecified atom stereocenters. The molecular weight excluding hydrogens is 271 g/mol. The summed E-state index contributed by atoms with van der Waals surface area (Å²) in [6.45, 7) is 1.44. The van der Waals surface area contributed by atoms with E-state index in [2.05, 4.69) is 4.18 Å².